The standard InChI is InChI=1S/C14H22BrN/c1-3-9-16-10-5-4-6-13-8-7-12(2)14(15)11-13/h7-8,11,16H,3-6,9-10H2,1-2H3. The number of unbranched alkanes of at least 4 members (excludes halogenated alkanes) is 1. The summed E-state index contributed by atoms with van der Waals surface area (Å²) >= 11 is 3.58. The molecule has 0 fully saturated rings. The highest BCUT2D eigenvalue weighted by Gasteiger charge is 1.97. The van der Waals surface area contributed by atoms with Gasteiger partial charge in [-0.05, 0) is 62.9 Å². The highest BCUT2D eigenvalue weighted by Crippen LogP contribution is 2.18. The van der Waals surface area contributed by atoms with Gasteiger partial charge in [-0.3, -0.25) is 0 Å². The topological polar surface area (TPSA) is 12.0 Å². The van der Waals surface area contributed by atoms with E-state index in [1.807, 2.05) is 0 Å². The Morgan fingerprint density at radius 1 is 1.19 bits per heavy atom. The molecule has 0 heterocycles. The van der Waals surface area contributed by atoms with Crippen LogP contribution in [0.25, 0.3) is 0 Å². The number of halogens is 1. The fourth-order valence-corrected chi connectivity index (χ4v) is 2.10. The average Bonchev–Trinajstić information content (AvgIpc) is 2.28. The predicted molar refractivity (Wildman–Crippen MR) is 75.0 cm³/mol. The fourth-order valence-electron chi connectivity index (χ4n) is 1.67. The molecular formula is C14H22BrN. The van der Waals surface area contributed by atoms with Crippen molar-refractivity contribution in [3.05, 3.63) is 33.8 Å². The maximum absolute atomic E-state index is 3.58. The Labute approximate surface area is 108 Å². The Morgan fingerprint density at radius 2 is 2.00 bits per heavy atom. The van der Waals surface area contributed by atoms with Crippen molar-refractivity contribution in [2.24, 2.45) is 0 Å². The molecule has 0 atom stereocenters. The van der Waals surface area contributed by atoms with Crippen LogP contribution in [0.2, 0.25) is 0 Å². The van der Waals surface area contributed by atoms with Gasteiger partial charge in [0.25, 0.3) is 0 Å². The molecule has 0 aliphatic heterocycles. The average molecular weight is 284 g/mol. The summed E-state index contributed by atoms with van der Waals surface area (Å²) in [5.74, 6) is 0. The van der Waals surface area contributed by atoms with Crippen molar-refractivity contribution in [3.63, 3.8) is 0 Å². The maximum atomic E-state index is 3.58. The summed E-state index contributed by atoms with van der Waals surface area (Å²) in [5.41, 5.74) is 2.75. The molecule has 0 spiro atoms. The van der Waals surface area contributed by atoms with Crippen molar-refractivity contribution >= 4 is 15.9 Å². The van der Waals surface area contributed by atoms with Crippen molar-refractivity contribution in [2.75, 3.05) is 13.1 Å². The highest BCUT2D eigenvalue weighted by molar-refractivity contribution is 9.10. The van der Waals surface area contributed by atoms with Gasteiger partial charge in [0.15, 0.2) is 0 Å². The minimum absolute atomic E-state index is 1.15. The van der Waals surface area contributed by atoms with Crippen LogP contribution in [-0.4, -0.2) is 13.1 Å². The lowest BCUT2D eigenvalue weighted by atomic mass is 10.1. The Morgan fingerprint density at radius 3 is 2.69 bits per heavy atom. The largest absolute Gasteiger partial charge is 0.317 e. The van der Waals surface area contributed by atoms with Crippen LogP contribution < -0.4 is 5.32 Å². The van der Waals surface area contributed by atoms with Crippen LogP contribution in [0.1, 0.15) is 37.3 Å². The second kappa shape index (κ2) is 7.86. The van der Waals surface area contributed by atoms with Gasteiger partial charge in [-0.1, -0.05) is 35.0 Å². The van der Waals surface area contributed by atoms with Gasteiger partial charge in [0, 0.05) is 4.47 Å². The van der Waals surface area contributed by atoms with Gasteiger partial charge in [0.2, 0.25) is 0 Å². The molecule has 1 aromatic rings. The highest BCUT2D eigenvalue weighted by atomic mass is 79.9. The van der Waals surface area contributed by atoms with E-state index >= 15 is 0 Å². The van der Waals surface area contributed by atoms with E-state index in [9.17, 15) is 0 Å². The lowest BCUT2D eigenvalue weighted by Crippen LogP contribution is -2.15. The number of rotatable bonds is 7. The minimum Gasteiger partial charge on any atom is -0.317 e. The first-order valence-electron chi connectivity index (χ1n) is 6.19. The molecule has 0 radical (unpaired) electrons. The molecule has 0 aromatic heterocycles. The maximum Gasteiger partial charge on any atom is 0.0207 e. The van der Waals surface area contributed by atoms with Gasteiger partial charge in [0.05, 0.1) is 0 Å². The zero-order valence-electron chi connectivity index (χ0n) is 10.4. The minimum atomic E-state index is 1.15. The number of hydrogen-bond acceptors (Lipinski definition) is 1. The van der Waals surface area contributed by atoms with Gasteiger partial charge >= 0.3 is 0 Å². The van der Waals surface area contributed by atoms with Crippen LogP contribution in [0.15, 0.2) is 22.7 Å². The third-order valence-electron chi connectivity index (χ3n) is 2.73. The molecule has 0 aliphatic rings. The van der Waals surface area contributed by atoms with E-state index in [2.05, 4.69) is 53.3 Å². The number of hydrogen-bond donors (Lipinski definition) is 1. The Kier molecular flexibility index (Phi) is 6.74. The summed E-state index contributed by atoms with van der Waals surface area (Å²) in [4.78, 5) is 0. The Bertz CT molecular complexity index is 310. The first-order valence-corrected chi connectivity index (χ1v) is 6.99. The molecule has 0 bridgehead atoms. The van der Waals surface area contributed by atoms with Crippen LogP contribution in [-0.2, 0) is 6.42 Å². The van der Waals surface area contributed by atoms with E-state index in [0.29, 0.717) is 0 Å². The molecule has 0 amide bonds. The third kappa shape index (κ3) is 5.13. The molecule has 2 heteroatoms. The summed E-state index contributed by atoms with van der Waals surface area (Å²) in [7, 11) is 0. The lowest BCUT2D eigenvalue weighted by molar-refractivity contribution is 0.617. The molecule has 1 rings (SSSR count). The molecule has 16 heavy (non-hydrogen) atoms. The molecule has 1 aromatic carbocycles. The Balaban J connectivity index is 2.19. The van der Waals surface area contributed by atoms with E-state index in [1.54, 1.807) is 0 Å². The van der Waals surface area contributed by atoms with Crippen molar-refractivity contribution < 1.29 is 0 Å². The van der Waals surface area contributed by atoms with Crippen LogP contribution in [0, 0.1) is 6.92 Å². The van der Waals surface area contributed by atoms with Crippen molar-refractivity contribution in [2.45, 2.75) is 39.5 Å². The van der Waals surface area contributed by atoms with Gasteiger partial charge in [-0.15, -0.1) is 0 Å². The van der Waals surface area contributed by atoms with Gasteiger partial charge in [0.1, 0.15) is 0 Å². The fraction of sp³-hybridized carbons (Fsp3) is 0.571. The SMILES string of the molecule is CCCNCCCCc1ccc(C)c(Br)c1. The molecule has 90 valence electrons. The molecule has 0 aliphatic carbocycles. The van der Waals surface area contributed by atoms with Crippen molar-refractivity contribution in [3.8, 4) is 0 Å². The quantitative estimate of drug-likeness (QED) is 0.744. The van der Waals surface area contributed by atoms with E-state index in [1.165, 1.54) is 41.3 Å². The summed E-state index contributed by atoms with van der Waals surface area (Å²) in [6.07, 6.45) is 4.95. The van der Waals surface area contributed by atoms with E-state index in [4.69, 9.17) is 0 Å². The van der Waals surface area contributed by atoms with Crippen LogP contribution in [0.5, 0.6) is 0 Å². The number of benzene rings is 1. The molecule has 0 unspecified atom stereocenters. The Hall–Kier alpha value is -0.340. The molecule has 1 nitrogen and oxygen atoms in total. The van der Waals surface area contributed by atoms with Crippen molar-refractivity contribution in [1.29, 1.82) is 0 Å². The molecule has 0 saturated heterocycles. The van der Waals surface area contributed by atoms with Crippen LogP contribution in [0.3, 0.4) is 0 Å². The van der Waals surface area contributed by atoms with Crippen LogP contribution in [0.4, 0.5) is 0 Å². The zero-order valence-corrected chi connectivity index (χ0v) is 11.9. The number of aryl methyl sites for hydroxylation is 2. The number of nitrogens with one attached hydrogen (secondary N) is 1. The second-order valence-corrected chi connectivity index (χ2v) is 5.14. The lowest BCUT2D eigenvalue weighted by Gasteiger charge is -2.05. The van der Waals surface area contributed by atoms with Gasteiger partial charge in [-0.2, -0.15) is 0 Å². The van der Waals surface area contributed by atoms with Crippen LogP contribution >= 0.6 is 15.9 Å². The molecule has 1 N–H and O–H groups in total. The normalized spacial score (nSPS) is 10.7. The predicted octanol–water partition coefficient (Wildman–Crippen LogP) is 4.08. The summed E-state index contributed by atoms with van der Waals surface area (Å²) in [5, 5.41) is 3.43. The monoisotopic (exact) mass is 283 g/mol. The first-order chi connectivity index (χ1) is 7.74. The summed E-state index contributed by atoms with van der Waals surface area (Å²) in [6, 6.07) is 6.67. The third-order valence-corrected chi connectivity index (χ3v) is 3.59. The zero-order chi connectivity index (χ0) is 11.8. The van der Waals surface area contributed by atoms with Gasteiger partial charge in [-0.25, -0.2) is 0 Å². The van der Waals surface area contributed by atoms with E-state index in [-0.39, 0.29) is 0 Å². The smallest absolute Gasteiger partial charge is 0.0207 e. The van der Waals surface area contributed by atoms with E-state index < -0.39 is 0 Å². The second-order valence-electron chi connectivity index (χ2n) is 4.29. The summed E-state index contributed by atoms with van der Waals surface area (Å²) in [6.45, 7) is 6.64. The van der Waals surface area contributed by atoms with E-state index in [0.717, 1.165) is 13.1 Å². The molecular weight excluding hydrogens is 262 g/mol. The first kappa shape index (κ1) is 13.7. The van der Waals surface area contributed by atoms with Crippen molar-refractivity contribution in [1.82, 2.24) is 5.32 Å². The summed E-state index contributed by atoms with van der Waals surface area (Å²) < 4.78 is 1.23. The van der Waals surface area contributed by atoms with Gasteiger partial charge < -0.3 is 5.32 Å². The molecule has 0 saturated carbocycles.